The third kappa shape index (κ3) is 2.19. The Hall–Kier alpha value is -0.930. The van der Waals surface area contributed by atoms with E-state index in [0.717, 1.165) is 6.54 Å². The molecule has 2 unspecified atom stereocenters. The molecule has 82 valence electrons. The molecule has 15 heavy (non-hydrogen) atoms. The maximum atomic E-state index is 5.88. The van der Waals surface area contributed by atoms with Crippen LogP contribution in [0.5, 0.6) is 0 Å². The lowest BCUT2D eigenvalue weighted by Gasteiger charge is -2.30. The predicted octanol–water partition coefficient (Wildman–Crippen LogP) is 1.57. The molecular weight excluding hydrogens is 186 g/mol. The van der Waals surface area contributed by atoms with Gasteiger partial charge in [0.15, 0.2) is 0 Å². The van der Waals surface area contributed by atoms with Crippen molar-refractivity contribution in [3.05, 3.63) is 30.1 Å². The maximum absolute atomic E-state index is 5.88. The van der Waals surface area contributed by atoms with E-state index in [-0.39, 0.29) is 0 Å². The summed E-state index contributed by atoms with van der Waals surface area (Å²) in [6.07, 6.45) is 6.32. The van der Waals surface area contributed by atoms with Crippen molar-refractivity contribution in [2.45, 2.75) is 31.8 Å². The predicted molar refractivity (Wildman–Crippen MR) is 61.4 cm³/mol. The van der Waals surface area contributed by atoms with E-state index >= 15 is 0 Å². The van der Waals surface area contributed by atoms with Crippen molar-refractivity contribution in [2.75, 3.05) is 13.1 Å². The van der Waals surface area contributed by atoms with E-state index in [1.54, 1.807) is 0 Å². The van der Waals surface area contributed by atoms with Crippen LogP contribution >= 0.6 is 0 Å². The Bertz CT molecular complexity index is 299. The highest BCUT2D eigenvalue weighted by atomic mass is 15.2. The quantitative estimate of drug-likeness (QED) is 0.814. The van der Waals surface area contributed by atoms with E-state index in [4.69, 9.17) is 5.73 Å². The molecule has 1 saturated heterocycles. The van der Waals surface area contributed by atoms with E-state index in [9.17, 15) is 0 Å². The molecule has 0 aromatic carbocycles. The number of aromatic nitrogens is 1. The van der Waals surface area contributed by atoms with Crippen LogP contribution < -0.4 is 5.73 Å². The van der Waals surface area contributed by atoms with Gasteiger partial charge in [-0.05, 0) is 37.9 Å². The standard InChI is InChI=1S/C12H19N3/c1-10-4-3-7-15(10)12(8-13)11-5-2-6-14-9-11/h2,5-6,9-10,12H,3-4,7-8,13H2,1H3. The van der Waals surface area contributed by atoms with Gasteiger partial charge in [0.1, 0.15) is 0 Å². The molecule has 1 aliphatic heterocycles. The Labute approximate surface area is 91.3 Å². The number of hydrogen-bond donors (Lipinski definition) is 1. The second-order valence-electron chi connectivity index (χ2n) is 4.27. The molecule has 0 radical (unpaired) electrons. The van der Waals surface area contributed by atoms with Gasteiger partial charge < -0.3 is 5.73 Å². The summed E-state index contributed by atoms with van der Waals surface area (Å²) in [7, 11) is 0. The summed E-state index contributed by atoms with van der Waals surface area (Å²) in [5.74, 6) is 0. The second kappa shape index (κ2) is 4.73. The fourth-order valence-corrected chi connectivity index (χ4v) is 2.45. The van der Waals surface area contributed by atoms with Gasteiger partial charge in [0.25, 0.3) is 0 Å². The van der Waals surface area contributed by atoms with Gasteiger partial charge in [-0.2, -0.15) is 0 Å². The highest BCUT2D eigenvalue weighted by Crippen LogP contribution is 2.27. The first-order valence-electron chi connectivity index (χ1n) is 5.68. The van der Waals surface area contributed by atoms with Crippen LogP contribution in [0, 0.1) is 0 Å². The highest BCUT2D eigenvalue weighted by Gasteiger charge is 2.27. The van der Waals surface area contributed by atoms with Crippen molar-refractivity contribution in [3.63, 3.8) is 0 Å². The number of nitrogens with zero attached hydrogens (tertiary/aromatic N) is 2. The van der Waals surface area contributed by atoms with E-state index in [1.165, 1.54) is 18.4 Å². The molecule has 2 rings (SSSR count). The summed E-state index contributed by atoms with van der Waals surface area (Å²) < 4.78 is 0. The van der Waals surface area contributed by atoms with E-state index in [0.29, 0.717) is 18.6 Å². The summed E-state index contributed by atoms with van der Waals surface area (Å²) in [5.41, 5.74) is 7.12. The molecule has 0 saturated carbocycles. The Kier molecular flexibility index (Phi) is 3.34. The zero-order chi connectivity index (χ0) is 10.7. The zero-order valence-corrected chi connectivity index (χ0v) is 9.26. The molecule has 0 amide bonds. The van der Waals surface area contributed by atoms with Gasteiger partial charge in [-0.15, -0.1) is 0 Å². The Balaban J connectivity index is 2.17. The molecule has 1 aromatic rings. The second-order valence-corrected chi connectivity index (χ2v) is 4.27. The lowest BCUT2D eigenvalue weighted by Crippen LogP contribution is -2.36. The van der Waals surface area contributed by atoms with Gasteiger partial charge in [0.2, 0.25) is 0 Å². The minimum absolute atomic E-state index is 0.344. The average Bonchev–Trinajstić information content (AvgIpc) is 2.68. The highest BCUT2D eigenvalue weighted by molar-refractivity contribution is 5.15. The van der Waals surface area contributed by atoms with Crippen molar-refractivity contribution in [3.8, 4) is 0 Å². The molecule has 0 spiro atoms. The Morgan fingerprint density at radius 2 is 2.53 bits per heavy atom. The zero-order valence-electron chi connectivity index (χ0n) is 9.26. The summed E-state index contributed by atoms with van der Waals surface area (Å²) >= 11 is 0. The first-order valence-corrected chi connectivity index (χ1v) is 5.68. The molecule has 1 aliphatic rings. The lowest BCUT2D eigenvalue weighted by molar-refractivity contribution is 0.195. The topological polar surface area (TPSA) is 42.1 Å². The molecule has 2 heterocycles. The van der Waals surface area contributed by atoms with Crippen LogP contribution in [-0.2, 0) is 0 Å². The van der Waals surface area contributed by atoms with E-state index in [2.05, 4.69) is 22.9 Å². The molecular formula is C12H19N3. The summed E-state index contributed by atoms with van der Waals surface area (Å²) in [6.45, 7) is 4.12. The van der Waals surface area contributed by atoms with Crippen LogP contribution in [0.2, 0.25) is 0 Å². The van der Waals surface area contributed by atoms with Gasteiger partial charge in [0, 0.05) is 31.0 Å². The monoisotopic (exact) mass is 205 g/mol. The number of hydrogen-bond acceptors (Lipinski definition) is 3. The van der Waals surface area contributed by atoms with Gasteiger partial charge in [-0.25, -0.2) is 0 Å². The van der Waals surface area contributed by atoms with Crippen molar-refractivity contribution in [1.29, 1.82) is 0 Å². The summed E-state index contributed by atoms with van der Waals surface area (Å²) in [6, 6.07) is 5.10. The molecule has 1 fully saturated rings. The Morgan fingerprint density at radius 3 is 3.07 bits per heavy atom. The van der Waals surface area contributed by atoms with Crippen molar-refractivity contribution in [2.24, 2.45) is 5.73 Å². The van der Waals surface area contributed by atoms with Crippen LogP contribution in [0.3, 0.4) is 0 Å². The largest absolute Gasteiger partial charge is 0.329 e. The van der Waals surface area contributed by atoms with Crippen LogP contribution in [0.1, 0.15) is 31.4 Å². The van der Waals surface area contributed by atoms with Crippen LogP contribution in [0.25, 0.3) is 0 Å². The van der Waals surface area contributed by atoms with E-state index in [1.807, 2.05) is 18.5 Å². The molecule has 2 atom stereocenters. The minimum Gasteiger partial charge on any atom is -0.329 e. The molecule has 3 nitrogen and oxygen atoms in total. The van der Waals surface area contributed by atoms with Gasteiger partial charge >= 0.3 is 0 Å². The summed E-state index contributed by atoms with van der Waals surface area (Å²) in [4.78, 5) is 6.66. The van der Waals surface area contributed by atoms with Gasteiger partial charge in [-0.1, -0.05) is 6.07 Å². The number of pyridine rings is 1. The van der Waals surface area contributed by atoms with Crippen molar-refractivity contribution in [1.82, 2.24) is 9.88 Å². The molecule has 3 heteroatoms. The van der Waals surface area contributed by atoms with Gasteiger partial charge in [-0.3, -0.25) is 9.88 Å². The minimum atomic E-state index is 0.344. The normalized spacial score (nSPS) is 24.3. The fourth-order valence-electron chi connectivity index (χ4n) is 2.45. The third-order valence-corrected chi connectivity index (χ3v) is 3.30. The first kappa shape index (κ1) is 10.6. The number of likely N-dealkylation sites (tertiary alicyclic amines) is 1. The van der Waals surface area contributed by atoms with Crippen LogP contribution in [-0.4, -0.2) is 29.0 Å². The third-order valence-electron chi connectivity index (χ3n) is 3.30. The fraction of sp³-hybridized carbons (Fsp3) is 0.583. The number of nitrogens with two attached hydrogens (primary N) is 1. The molecule has 2 N–H and O–H groups in total. The van der Waals surface area contributed by atoms with Crippen LogP contribution in [0.15, 0.2) is 24.5 Å². The molecule has 0 aliphatic carbocycles. The first-order chi connectivity index (χ1) is 7.33. The smallest absolute Gasteiger partial charge is 0.0488 e. The van der Waals surface area contributed by atoms with Crippen molar-refractivity contribution >= 4 is 0 Å². The van der Waals surface area contributed by atoms with E-state index < -0.39 is 0 Å². The molecule has 0 bridgehead atoms. The average molecular weight is 205 g/mol. The van der Waals surface area contributed by atoms with Crippen LogP contribution in [0.4, 0.5) is 0 Å². The number of rotatable bonds is 3. The van der Waals surface area contributed by atoms with Crippen molar-refractivity contribution < 1.29 is 0 Å². The SMILES string of the molecule is CC1CCCN1C(CN)c1cccnc1. The summed E-state index contributed by atoms with van der Waals surface area (Å²) in [5, 5.41) is 0. The lowest BCUT2D eigenvalue weighted by atomic mass is 10.1. The molecule has 1 aromatic heterocycles. The Morgan fingerprint density at radius 1 is 1.67 bits per heavy atom. The van der Waals surface area contributed by atoms with Gasteiger partial charge in [0.05, 0.1) is 0 Å². The maximum Gasteiger partial charge on any atom is 0.0488 e.